The molecule has 0 saturated carbocycles. The first-order valence-corrected chi connectivity index (χ1v) is 12.7. The van der Waals surface area contributed by atoms with Crippen molar-refractivity contribution in [3.8, 4) is 11.1 Å². The number of unbranched alkanes of at least 4 members (excludes halogenated alkanes) is 1. The lowest BCUT2D eigenvalue weighted by Crippen LogP contribution is -2.49. The van der Waals surface area contributed by atoms with Gasteiger partial charge >= 0.3 is 0 Å². The Morgan fingerprint density at radius 3 is 2.39 bits per heavy atom. The van der Waals surface area contributed by atoms with E-state index in [0.29, 0.717) is 0 Å². The third-order valence-electron chi connectivity index (χ3n) is 5.23. The fourth-order valence-electron chi connectivity index (χ4n) is 2.94. The molecule has 3 N–H and O–H groups in total. The molecule has 10 heteroatoms. The van der Waals surface area contributed by atoms with Gasteiger partial charge in [-0.25, -0.2) is 13.9 Å². The van der Waals surface area contributed by atoms with Gasteiger partial charge in [0.1, 0.15) is 0 Å². The molecule has 31 heavy (non-hydrogen) atoms. The van der Waals surface area contributed by atoms with Crippen molar-refractivity contribution in [3.05, 3.63) is 52.9 Å². The lowest BCUT2D eigenvalue weighted by molar-refractivity contribution is -0.131. The Balaban J connectivity index is 2.11. The number of hydrogen-bond donors (Lipinski definition) is 3. The van der Waals surface area contributed by atoms with E-state index in [1.54, 1.807) is 24.0 Å². The average molecular weight is 469 g/mol. The van der Waals surface area contributed by atoms with Crippen LogP contribution in [0.1, 0.15) is 26.2 Å². The molecule has 1 amide bonds. The maximum absolute atomic E-state index is 12.5. The number of thioether (sulfide) groups is 1. The number of nitrogens with zero attached hydrogens (tertiary/aromatic N) is 1. The monoisotopic (exact) mass is 468 g/mol. The van der Waals surface area contributed by atoms with Gasteiger partial charge in [0, 0.05) is 36.6 Å². The summed E-state index contributed by atoms with van der Waals surface area (Å²) in [5.41, 5.74) is 2.69. The largest absolute Gasteiger partial charge is 0.396 e. The minimum absolute atomic E-state index is 0.000475. The number of pyridine rings is 1. The molecule has 0 fully saturated rings. The van der Waals surface area contributed by atoms with Gasteiger partial charge in [-0.3, -0.25) is 14.8 Å². The van der Waals surface area contributed by atoms with Gasteiger partial charge in [-0.2, -0.15) is 0 Å². The van der Waals surface area contributed by atoms with E-state index < -0.39 is 20.5 Å². The highest BCUT2D eigenvalue weighted by atomic mass is 32.2. The Morgan fingerprint density at radius 2 is 1.84 bits per heavy atom. The van der Waals surface area contributed by atoms with Gasteiger partial charge in [0.05, 0.1) is 0 Å². The van der Waals surface area contributed by atoms with E-state index in [2.05, 4.69) is 0 Å². The summed E-state index contributed by atoms with van der Waals surface area (Å²) < 4.78 is 23.6. The van der Waals surface area contributed by atoms with Crippen molar-refractivity contribution in [1.29, 1.82) is 0 Å². The van der Waals surface area contributed by atoms with E-state index in [1.807, 2.05) is 24.3 Å². The molecule has 1 atom stereocenters. The van der Waals surface area contributed by atoms with E-state index in [-0.39, 0.29) is 25.1 Å². The van der Waals surface area contributed by atoms with Crippen molar-refractivity contribution >= 4 is 27.5 Å². The van der Waals surface area contributed by atoms with Crippen LogP contribution in [0.5, 0.6) is 0 Å². The quantitative estimate of drug-likeness (QED) is 0.199. The normalized spacial score (nSPS) is 13.5. The first-order valence-electron chi connectivity index (χ1n) is 9.81. The molecule has 0 aliphatic heterocycles. The predicted octanol–water partition coefficient (Wildman–Crippen LogP) is 2.08. The van der Waals surface area contributed by atoms with Gasteiger partial charge in [0.15, 0.2) is 14.6 Å². The van der Waals surface area contributed by atoms with Crippen LogP contribution in [0.3, 0.4) is 0 Å². The zero-order chi connectivity index (χ0) is 23.1. The second-order valence-electron chi connectivity index (χ2n) is 7.44. The Kier molecular flexibility index (Phi) is 8.87. The number of aromatic nitrogens is 1. The van der Waals surface area contributed by atoms with Gasteiger partial charge in [0.25, 0.3) is 11.5 Å². The molecular formula is C21H28N2O6S2. The molecule has 0 radical (unpaired) electrons. The number of nitrogens with one attached hydrogen (secondary N) is 1. The Hall–Kier alpha value is -2.14. The highest BCUT2D eigenvalue weighted by Crippen LogP contribution is 2.25. The number of amides is 1. The number of aryl methyl sites for hydroxylation is 1. The van der Waals surface area contributed by atoms with Crippen LogP contribution in [-0.2, 0) is 21.2 Å². The lowest BCUT2D eigenvalue weighted by Gasteiger charge is -2.25. The van der Waals surface area contributed by atoms with Crippen molar-refractivity contribution in [2.75, 3.05) is 18.6 Å². The van der Waals surface area contributed by atoms with E-state index in [9.17, 15) is 18.0 Å². The minimum Gasteiger partial charge on any atom is -0.396 e. The van der Waals surface area contributed by atoms with Crippen molar-refractivity contribution < 1.29 is 23.5 Å². The van der Waals surface area contributed by atoms with Crippen molar-refractivity contribution in [3.63, 3.8) is 0 Å². The number of carbonyl (C=O) groups is 1. The van der Waals surface area contributed by atoms with Gasteiger partial charge < -0.3 is 9.67 Å². The molecule has 2 aromatic rings. The highest BCUT2D eigenvalue weighted by molar-refractivity contribution is 7.99. The highest BCUT2D eigenvalue weighted by Gasteiger charge is 2.43. The lowest BCUT2D eigenvalue weighted by atomic mass is 10.1. The molecule has 2 rings (SSSR count). The number of sulfone groups is 1. The van der Waals surface area contributed by atoms with E-state index in [1.165, 1.54) is 23.0 Å². The fourth-order valence-corrected chi connectivity index (χ4v) is 4.70. The standard InChI is InChI=1S/C21H28N2O6S2/c1-21(20(26)22-27,31(2,28)29)10-12-23-11-9-17(15-19(23)25)16-5-7-18(8-6-16)30-14-4-3-13-24/h5-9,11,15,24,27H,3-4,10,12-14H2,1-2H3,(H,22,26)/t21-/m1/s1. The van der Waals surface area contributed by atoms with Gasteiger partial charge in [-0.05, 0) is 61.3 Å². The maximum atomic E-state index is 12.5. The summed E-state index contributed by atoms with van der Waals surface area (Å²) in [7, 11) is -3.83. The first-order chi connectivity index (χ1) is 14.6. The number of hydroxylamine groups is 1. The Bertz CT molecular complexity index is 1050. The molecule has 0 saturated heterocycles. The summed E-state index contributed by atoms with van der Waals surface area (Å²) in [5.74, 6) is -0.106. The number of aliphatic hydroxyl groups excluding tert-OH is 1. The molecule has 0 aliphatic rings. The smallest absolute Gasteiger partial charge is 0.264 e. The molecule has 1 aromatic carbocycles. The predicted molar refractivity (Wildman–Crippen MR) is 121 cm³/mol. The van der Waals surface area contributed by atoms with Crippen LogP contribution in [0.2, 0.25) is 0 Å². The SMILES string of the molecule is C[C@@](CCn1ccc(-c2ccc(SCCCCO)cc2)cc1=O)(C(=O)NO)S(C)(=O)=O. The van der Waals surface area contributed by atoms with Crippen molar-refractivity contribution in [2.24, 2.45) is 0 Å². The van der Waals surface area contributed by atoms with Crippen molar-refractivity contribution in [2.45, 2.75) is 42.4 Å². The molecule has 1 aromatic heterocycles. The summed E-state index contributed by atoms with van der Waals surface area (Å²) in [6.45, 7) is 1.42. The molecule has 0 bridgehead atoms. The topological polar surface area (TPSA) is 126 Å². The summed E-state index contributed by atoms with van der Waals surface area (Å²) in [5, 5.41) is 17.7. The van der Waals surface area contributed by atoms with Gasteiger partial charge in [0.2, 0.25) is 0 Å². The second kappa shape index (κ2) is 10.9. The molecule has 0 aliphatic carbocycles. The van der Waals surface area contributed by atoms with Crippen LogP contribution in [0.4, 0.5) is 0 Å². The van der Waals surface area contributed by atoms with Crippen LogP contribution >= 0.6 is 11.8 Å². The molecule has 0 unspecified atom stereocenters. The van der Waals surface area contributed by atoms with Crippen LogP contribution in [0.25, 0.3) is 11.1 Å². The molecule has 8 nitrogen and oxygen atoms in total. The molecular weight excluding hydrogens is 440 g/mol. The second-order valence-corrected chi connectivity index (χ2v) is 11.1. The van der Waals surface area contributed by atoms with Gasteiger partial charge in [-0.1, -0.05) is 12.1 Å². The van der Waals surface area contributed by atoms with Gasteiger partial charge in [-0.15, -0.1) is 11.8 Å². The number of rotatable bonds is 11. The first kappa shape index (κ1) is 25.1. The van der Waals surface area contributed by atoms with E-state index in [0.717, 1.165) is 40.9 Å². The summed E-state index contributed by atoms with van der Waals surface area (Å²) in [6.07, 6.45) is 4.05. The third-order valence-corrected chi connectivity index (χ3v) is 8.36. The number of aliphatic hydroxyl groups is 1. The van der Waals surface area contributed by atoms with Crippen LogP contribution in [0.15, 0.2) is 52.3 Å². The summed E-state index contributed by atoms with van der Waals surface area (Å²) in [4.78, 5) is 25.5. The van der Waals surface area contributed by atoms with Crippen LogP contribution < -0.4 is 11.0 Å². The average Bonchev–Trinajstić information content (AvgIpc) is 2.74. The molecule has 0 spiro atoms. The summed E-state index contributed by atoms with van der Waals surface area (Å²) in [6, 6.07) is 11.0. The van der Waals surface area contributed by atoms with E-state index >= 15 is 0 Å². The zero-order valence-electron chi connectivity index (χ0n) is 17.6. The number of benzene rings is 1. The maximum Gasteiger partial charge on any atom is 0.264 e. The third kappa shape index (κ3) is 6.42. The Labute approximate surface area is 186 Å². The van der Waals surface area contributed by atoms with Crippen molar-refractivity contribution in [1.82, 2.24) is 10.0 Å². The summed E-state index contributed by atoms with van der Waals surface area (Å²) >= 11 is 1.71. The molecule has 170 valence electrons. The Morgan fingerprint density at radius 1 is 1.16 bits per heavy atom. The minimum atomic E-state index is -3.83. The van der Waals surface area contributed by atoms with Crippen LogP contribution in [0, 0.1) is 0 Å². The number of hydrogen-bond acceptors (Lipinski definition) is 7. The molecule has 1 heterocycles. The number of carbonyl (C=O) groups excluding carboxylic acids is 1. The fraction of sp³-hybridized carbons (Fsp3) is 0.429. The van der Waals surface area contributed by atoms with E-state index in [4.69, 9.17) is 10.3 Å². The van der Waals surface area contributed by atoms with Crippen LogP contribution in [-0.4, -0.2) is 52.6 Å². The zero-order valence-corrected chi connectivity index (χ0v) is 19.2.